The van der Waals surface area contributed by atoms with Crippen LogP contribution in [0.1, 0.15) is 10.6 Å². The van der Waals surface area contributed by atoms with Gasteiger partial charge in [-0.05, 0) is 24.3 Å². The van der Waals surface area contributed by atoms with Crippen LogP contribution in [-0.4, -0.2) is 26.8 Å². The lowest BCUT2D eigenvalue weighted by Gasteiger charge is -2.26. The lowest BCUT2D eigenvalue weighted by atomic mass is 10.3. The second kappa shape index (κ2) is 8.26. The second-order valence-electron chi connectivity index (χ2n) is 4.83. The monoisotopic (exact) mass is 420 g/mol. The fourth-order valence-electron chi connectivity index (χ4n) is 1.77. The van der Waals surface area contributed by atoms with E-state index in [-0.39, 0.29) is 17.1 Å². The Balaban J connectivity index is 2.02. The van der Waals surface area contributed by atoms with Crippen molar-refractivity contribution < 1.29 is 18.9 Å². The van der Waals surface area contributed by atoms with Gasteiger partial charge in [0.15, 0.2) is 11.9 Å². The Bertz CT molecular complexity index is 790. The van der Waals surface area contributed by atoms with Gasteiger partial charge < -0.3 is 20.4 Å². The van der Waals surface area contributed by atoms with E-state index in [1.54, 1.807) is 0 Å². The Kier molecular flexibility index (Phi) is 6.30. The summed E-state index contributed by atoms with van der Waals surface area (Å²) in [5.74, 6) is -0.746. The summed E-state index contributed by atoms with van der Waals surface area (Å²) in [6.45, 7) is 0. The summed E-state index contributed by atoms with van der Waals surface area (Å²) in [4.78, 5) is 34.1. The Morgan fingerprint density at radius 2 is 1.77 bits per heavy atom. The number of anilines is 1. The molecule has 3 N–H and O–H groups in total. The summed E-state index contributed by atoms with van der Waals surface area (Å²) >= 11 is 17.3. The van der Waals surface area contributed by atoms with Crippen LogP contribution in [0.15, 0.2) is 47.1 Å². The standard InChI is InChI=1S/C14H11Cl3N4O5/c15-14(16,17)12(19-11(22)10-2-1-7-26-10)20-13(23)18-8-3-5-9(6-4-8)21(24)25/h1-7,12H,(H,19,22)(H2,18,20,23). The zero-order chi connectivity index (χ0) is 19.3. The van der Waals surface area contributed by atoms with Gasteiger partial charge in [0.1, 0.15) is 0 Å². The van der Waals surface area contributed by atoms with Crippen molar-refractivity contribution in [3.8, 4) is 0 Å². The van der Waals surface area contributed by atoms with Crippen LogP contribution < -0.4 is 16.0 Å². The molecule has 0 aliphatic heterocycles. The van der Waals surface area contributed by atoms with Crippen molar-refractivity contribution in [2.75, 3.05) is 5.32 Å². The average molecular weight is 422 g/mol. The first kappa shape index (κ1) is 19.8. The van der Waals surface area contributed by atoms with Crippen LogP contribution in [0.4, 0.5) is 16.2 Å². The first-order valence-corrected chi connectivity index (χ1v) is 8.03. The predicted octanol–water partition coefficient (Wildman–Crippen LogP) is 3.44. The van der Waals surface area contributed by atoms with E-state index in [0.717, 1.165) is 0 Å². The number of urea groups is 1. The van der Waals surface area contributed by atoms with Gasteiger partial charge in [0, 0.05) is 17.8 Å². The number of nitro benzene ring substituents is 1. The summed E-state index contributed by atoms with van der Waals surface area (Å²) in [7, 11) is 0. The zero-order valence-corrected chi connectivity index (χ0v) is 15.0. The topological polar surface area (TPSA) is 127 Å². The molecule has 1 atom stereocenters. The number of amides is 3. The number of benzene rings is 1. The van der Waals surface area contributed by atoms with Crippen molar-refractivity contribution in [1.82, 2.24) is 10.6 Å². The number of rotatable bonds is 5. The molecule has 0 fully saturated rings. The highest BCUT2D eigenvalue weighted by Crippen LogP contribution is 2.29. The normalized spacial score (nSPS) is 12.1. The molecule has 9 nitrogen and oxygen atoms in total. The SMILES string of the molecule is O=C(Nc1ccc([N+](=O)[O-])cc1)NC(NC(=O)c1ccco1)C(Cl)(Cl)Cl. The van der Waals surface area contributed by atoms with Gasteiger partial charge in [-0.2, -0.15) is 0 Å². The van der Waals surface area contributed by atoms with Crippen LogP contribution >= 0.6 is 34.8 Å². The maximum Gasteiger partial charge on any atom is 0.320 e. The van der Waals surface area contributed by atoms with Crippen LogP contribution in [0, 0.1) is 10.1 Å². The van der Waals surface area contributed by atoms with Crippen LogP contribution in [0.25, 0.3) is 0 Å². The zero-order valence-electron chi connectivity index (χ0n) is 12.7. The Labute approximate surface area is 161 Å². The molecule has 26 heavy (non-hydrogen) atoms. The number of alkyl halides is 3. The molecule has 0 saturated heterocycles. The molecule has 2 rings (SSSR count). The number of nitrogens with one attached hydrogen (secondary N) is 3. The van der Waals surface area contributed by atoms with E-state index < -0.39 is 26.8 Å². The third-order valence-corrected chi connectivity index (χ3v) is 3.61. The summed E-state index contributed by atoms with van der Waals surface area (Å²) in [5.41, 5.74) is 0.120. The molecule has 1 aromatic carbocycles. The highest BCUT2D eigenvalue weighted by atomic mass is 35.6. The third-order valence-electron chi connectivity index (χ3n) is 2.96. The second-order valence-corrected chi connectivity index (χ2v) is 7.20. The van der Waals surface area contributed by atoms with Gasteiger partial charge in [0.05, 0.1) is 11.2 Å². The van der Waals surface area contributed by atoms with Gasteiger partial charge >= 0.3 is 6.03 Å². The van der Waals surface area contributed by atoms with E-state index in [9.17, 15) is 19.7 Å². The van der Waals surface area contributed by atoms with Crippen molar-refractivity contribution in [2.45, 2.75) is 9.96 Å². The smallest absolute Gasteiger partial charge is 0.320 e. The van der Waals surface area contributed by atoms with Crippen LogP contribution in [0.5, 0.6) is 0 Å². The number of hydrogen-bond donors (Lipinski definition) is 3. The number of nitro groups is 1. The van der Waals surface area contributed by atoms with Crippen LogP contribution in [0.3, 0.4) is 0 Å². The summed E-state index contributed by atoms with van der Waals surface area (Å²) in [6.07, 6.45) is -0.100. The first-order valence-electron chi connectivity index (χ1n) is 6.90. The molecule has 0 radical (unpaired) electrons. The fourth-order valence-corrected chi connectivity index (χ4v) is 2.10. The van der Waals surface area contributed by atoms with Crippen molar-refractivity contribution in [3.63, 3.8) is 0 Å². The maximum absolute atomic E-state index is 12.0. The minimum Gasteiger partial charge on any atom is -0.459 e. The van der Waals surface area contributed by atoms with Crippen molar-refractivity contribution >= 4 is 58.1 Å². The van der Waals surface area contributed by atoms with Gasteiger partial charge in [0.2, 0.25) is 3.79 Å². The maximum atomic E-state index is 12.0. The molecule has 12 heteroatoms. The van der Waals surface area contributed by atoms with E-state index >= 15 is 0 Å². The van der Waals surface area contributed by atoms with E-state index in [4.69, 9.17) is 39.2 Å². The fraction of sp³-hybridized carbons (Fsp3) is 0.143. The molecule has 138 valence electrons. The van der Waals surface area contributed by atoms with Gasteiger partial charge in [-0.25, -0.2) is 4.79 Å². The molecular formula is C14H11Cl3N4O5. The van der Waals surface area contributed by atoms with E-state index in [2.05, 4.69) is 16.0 Å². The quantitative estimate of drug-likeness (QED) is 0.295. The van der Waals surface area contributed by atoms with Gasteiger partial charge in [0.25, 0.3) is 11.6 Å². The number of carbonyl (C=O) groups is 2. The largest absolute Gasteiger partial charge is 0.459 e. The molecule has 0 bridgehead atoms. The highest BCUT2D eigenvalue weighted by molar-refractivity contribution is 6.68. The number of hydrogen-bond acceptors (Lipinski definition) is 5. The number of halogens is 3. The first-order chi connectivity index (χ1) is 12.2. The number of furan rings is 1. The summed E-state index contributed by atoms with van der Waals surface area (Å²) < 4.78 is 2.85. The molecule has 1 heterocycles. The number of non-ortho nitro benzene ring substituents is 1. The lowest BCUT2D eigenvalue weighted by Crippen LogP contribution is -2.56. The Hall–Kier alpha value is -2.49. The Morgan fingerprint density at radius 1 is 1.12 bits per heavy atom. The molecule has 0 aliphatic carbocycles. The minimum atomic E-state index is -2.06. The summed E-state index contributed by atoms with van der Waals surface area (Å²) in [6, 6.07) is 7.14. The van der Waals surface area contributed by atoms with Gasteiger partial charge in [-0.1, -0.05) is 34.8 Å². The van der Waals surface area contributed by atoms with Gasteiger partial charge in [-0.15, -0.1) is 0 Å². The van der Waals surface area contributed by atoms with E-state index in [1.807, 2.05) is 0 Å². The third kappa shape index (κ3) is 5.51. The van der Waals surface area contributed by atoms with E-state index in [1.165, 1.54) is 42.7 Å². The molecule has 2 aromatic rings. The lowest BCUT2D eigenvalue weighted by molar-refractivity contribution is -0.384. The molecule has 0 saturated carbocycles. The Morgan fingerprint density at radius 3 is 2.27 bits per heavy atom. The molecule has 0 aliphatic rings. The molecule has 3 amide bonds. The van der Waals surface area contributed by atoms with Crippen molar-refractivity contribution in [3.05, 3.63) is 58.5 Å². The van der Waals surface area contributed by atoms with E-state index in [0.29, 0.717) is 0 Å². The van der Waals surface area contributed by atoms with Crippen LogP contribution in [-0.2, 0) is 0 Å². The van der Waals surface area contributed by atoms with Crippen molar-refractivity contribution in [2.24, 2.45) is 0 Å². The molecule has 0 spiro atoms. The molecule has 1 unspecified atom stereocenters. The molecule has 1 aromatic heterocycles. The van der Waals surface area contributed by atoms with Gasteiger partial charge in [-0.3, -0.25) is 14.9 Å². The minimum absolute atomic E-state index is 0.0400. The number of nitrogens with zero attached hydrogens (tertiary/aromatic N) is 1. The van der Waals surface area contributed by atoms with Crippen LogP contribution in [0.2, 0.25) is 0 Å². The van der Waals surface area contributed by atoms with Crippen molar-refractivity contribution in [1.29, 1.82) is 0 Å². The molecular weight excluding hydrogens is 411 g/mol. The predicted molar refractivity (Wildman–Crippen MR) is 95.5 cm³/mol. The average Bonchev–Trinajstić information content (AvgIpc) is 3.08. The highest BCUT2D eigenvalue weighted by Gasteiger charge is 2.36. The number of carbonyl (C=O) groups excluding carboxylic acids is 2. The summed E-state index contributed by atoms with van der Waals surface area (Å²) in [5, 5.41) is 17.6.